The van der Waals surface area contributed by atoms with Crippen LogP contribution in [0.15, 0.2) is 4.99 Å². The molecule has 0 aliphatic carbocycles. The lowest BCUT2D eigenvalue weighted by Crippen LogP contribution is -2.50. The maximum absolute atomic E-state index is 11.9. The monoisotopic (exact) mass is 467 g/mol. The summed E-state index contributed by atoms with van der Waals surface area (Å²) >= 11 is 0. The normalized spacial score (nSPS) is 20.9. The van der Waals surface area contributed by atoms with Crippen molar-refractivity contribution < 1.29 is 19.1 Å². The number of ether oxygens (including phenoxy) is 1. The Hall–Kier alpha value is -1.59. The summed E-state index contributed by atoms with van der Waals surface area (Å²) in [6.45, 7) is 4.29. The molecule has 9 nitrogen and oxygen atoms in total. The number of piperidine rings is 1. The van der Waals surface area contributed by atoms with Crippen molar-refractivity contribution in [3.8, 4) is 0 Å². The first-order valence-corrected chi connectivity index (χ1v) is 8.27. The summed E-state index contributed by atoms with van der Waals surface area (Å²) in [5, 5.41) is 5.63. The van der Waals surface area contributed by atoms with Crippen molar-refractivity contribution >= 4 is 47.8 Å². The number of carbonyl (C=O) groups excluding carboxylic acids is 3. The third kappa shape index (κ3) is 5.72. The molecule has 142 valence electrons. The van der Waals surface area contributed by atoms with Crippen LogP contribution in [0.5, 0.6) is 0 Å². The standard InChI is InChI=1S/C15H25N5O4.HI/c1-3-24-13(22)11-5-4-7-19(10-11)14(16-2)17-6-8-20-12(21)9-18-15(20)23;/h11H,3-10H2,1-2H3,(H,16,17)(H,18,23);1H. The number of guanidine groups is 1. The molecule has 2 aliphatic rings. The SMILES string of the molecule is CCOC(=O)C1CCCN(C(=NC)NCCN2C(=O)CNC2=O)C1.I. The molecule has 3 amide bonds. The van der Waals surface area contributed by atoms with Gasteiger partial charge in [0.15, 0.2) is 5.96 Å². The van der Waals surface area contributed by atoms with E-state index in [1.807, 2.05) is 4.90 Å². The number of imide groups is 1. The second-order valence-corrected chi connectivity index (χ2v) is 5.72. The summed E-state index contributed by atoms with van der Waals surface area (Å²) < 4.78 is 5.10. The summed E-state index contributed by atoms with van der Waals surface area (Å²) in [6, 6.07) is -0.364. The van der Waals surface area contributed by atoms with Gasteiger partial charge >= 0.3 is 12.0 Å². The van der Waals surface area contributed by atoms with Crippen LogP contribution in [0.25, 0.3) is 0 Å². The summed E-state index contributed by atoms with van der Waals surface area (Å²) in [7, 11) is 1.67. The number of nitrogens with one attached hydrogen (secondary N) is 2. The van der Waals surface area contributed by atoms with Crippen molar-refractivity contribution in [3.05, 3.63) is 0 Å². The zero-order valence-electron chi connectivity index (χ0n) is 14.6. The lowest BCUT2D eigenvalue weighted by Gasteiger charge is -2.34. The first-order valence-electron chi connectivity index (χ1n) is 8.27. The number of nitrogens with zero attached hydrogens (tertiary/aromatic N) is 3. The fourth-order valence-electron chi connectivity index (χ4n) is 2.92. The molecule has 1 unspecified atom stereocenters. The predicted octanol–water partition coefficient (Wildman–Crippen LogP) is 0.00670. The van der Waals surface area contributed by atoms with Gasteiger partial charge in [-0.1, -0.05) is 0 Å². The van der Waals surface area contributed by atoms with Crippen LogP contribution < -0.4 is 10.6 Å². The van der Waals surface area contributed by atoms with Crippen LogP contribution in [0.3, 0.4) is 0 Å². The van der Waals surface area contributed by atoms with Crippen molar-refractivity contribution in [3.63, 3.8) is 0 Å². The van der Waals surface area contributed by atoms with E-state index in [2.05, 4.69) is 15.6 Å². The van der Waals surface area contributed by atoms with Crippen molar-refractivity contribution in [2.75, 3.05) is 46.4 Å². The van der Waals surface area contributed by atoms with E-state index in [1.165, 1.54) is 4.90 Å². The average molecular weight is 467 g/mol. The molecule has 0 radical (unpaired) electrons. The molecule has 2 heterocycles. The summed E-state index contributed by atoms with van der Waals surface area (Å²) in [6.07, 6.45) is 1.70. The van der Waals surface area contributed by atoms with E-state index >= 15 is 0 Å². The number of hydrogen-bond donors (Lipinski definition) is 2. The Bertz CT molecular complexity index is 512. The molecule has 0 bridgehead atoms. The third-order valence-corrected chi connectivity index (χ3v) is 4.11. The number of aliphatic imine (C=N–C) groups is 1. The van der Waals surface area contributed by atoms with E-state index in [4.69, 9.17) is 4.74 Å². The molecule has 2 aliphatic heterocycles. The molecule has 0 saturated carbocycles. The predicted molar refractivity (Wildman–Crippen MR) is 103 cm³/mol. The number of urea groups is 1. The Kier molecular flexibility index (Phi) is 8.93. The van der Waals surface area contributed by atoms with Crippen LogP contribution in [-0.2, 0) is 14.3 Å². The van der Waals surface area contributed by atoms with Gasteiger partial charge in [-0.05, 0) is 19.8 Å². The lowest BCUT2D eigenvalue weighted by molar-refractivity contribution is -0.149. The van der Waals surface area contributed by atoms with Crippen LogP contribution >= 0.6 is 24.0 Å². The maximum atomic E-state index is 11.9. The van der Waals surface area contributed by atoms with Crippen molar-refractivity contribution in [2.24, 2.45) is 10.9 Å². The van der Waals surface area contributed by atoms with Gasteiger partial charge in [-0.15, -0.1) is 24.0 Å². The Morgan fingerprint density at radius 2 is 2.20 bits per heavy atom. The van der Waals surface area contributed by atoms with Crippen LogP contribution in [0.2, 0.25) is 0 Å². The van der Waals surface area contributed by atoms with Crippen LogP contribution in [-0.4, -0.2) is 80.0 Å². The minimum atomic E-state index is -0.364. The molecular weight excluding hydrogens is 441 g/mol. The van der Waals surface area contributed by atoms with Crippen LogP contribution in [0, 0.1) is 5.92 Å². The number of likely N-dealkylation sites (tertiary alicyclic amines) is 1. The third-order valence-electron chi connectivity index (χ3n) is 4.11. The lowest BCUT2D eigenvalue weighted by atomic mass is 9.98. The van der Waals surface area contributed by atoms with Gasteiger partial charge in [0, 0.05) is 33.2 Å². The molecule has 0 aromatic heterocycles. The number of hydrogen-bond acceptors (Lipinski definition) is 5. The van der Waals surface area contributed by atoms with Crippen molar-refractivity contribution in [2.45, 2.75) is 19.8 Å². The van der Waals surface area contributed by atoms with Gasteiger partial charge in [0.05, 0.1) is 19.1 Å². The summed E-state index contributed by atoms with van der Waals surface area (Å²) in [5.74, 6) is 0.119. The number of esters is 1. The highest BCUT2D eigenvalue weighted by molar-refractivity contribution is 14.0. The van der Waals surface area contributed by atoms with Crippen LogP contribution in [0.1, 0.15) is 19.8 Å². The second-order valence-electron chi connectivity index (χ2n) is 5.72. The van der Waals surface area contributed by atoms with Crippen LogP contribution in [0.4, 0.5) is 4.79 Å². The first-order chi connectivity index (χ1) is 11.6. The Morgan fingerprint density at radius 3 is 2.80 bits per heavy atom. The topological polar surface area (TPSA) is 103 Å². The fourth-order valence-corrected chi connectivity index (χ4v) is 2.92. The smallest absolute Gasteiger partial charge is 0.324 e. The minimum Gasteiger partial charge on any atom is -0.466 e. The summed E-state index contributed by atoms with van der Waals surface area (Å²) in [5.41, 5.74) is 0. The van der Waals surface area contributed by atoms with Gasteiger partial charge in [0.1, 0.15) is 0 Å². The molecule has 0 spiro atoms. The molecule has 0 aromatic rings. The van der Waals surface area contributed by atoms with Gasteiger partial charge in [-0.2, -0.15) is 0 Å². The van der Waals surface area contributed by atoms with E-state index in [1.54, 1.807) is 14.0 Å². The van der Waals surface area contributed by atoms with E-state index < -0.39 is 0 Å². The molecule has 2 rings (SSSR count). The minimum absolute atomic E-state index is 0. The zero-order chi connectivity index (χ0) is 17.5. The Labute approximate surface area is 164 Å². The van der Waals surface area contributed by atoms with Gasteiger partial charge in [0.25, 0.3) is 0 Å². The quantitative estimate of drug-likeness (QED) is 0.194. The fraction of sp³-hybridized carbons (Fsp3) is 0.733. The highest BCUT2D eigenvalue weighted by Gasteiger charge is 2.30. The molecule has 2 saturated heterocycles. The van der Waals surface area contributed by atoms with E-state index in [9.17, 15) is 14.4 Å². The number of halogens is 1. The number of amides is 3. The highest BCUT2D eigenvalue weighted by atomic mass is 127. The average Bonchev–Trinajstić information content (AvgIpc) is 2.91. The van der Waals surface area contributed by atoms with E-state index in [0.29, 0.717) is 25.7 Å². The Morgan fingerprint density at radius 1 is 1.44 bits per heavy atom. The van der Waals surface area contributed by atoms with Crippen molar-refractivity contribution in [1.82, 2.24) is 20.4 Å². The summed E-state index contributed by atoms with van der Waals surface area (Å²) in [4.78, 5) is 42.4. The molecule has 2 N–H and O–H groups in total. The molecule has 0 aromatic carbocycles. The second kappa shape index (κ2) is 10.4. The van der Waals surface area contributed by atoms with Gasteiger partial charge in [-0.25, -0.2) is 4.79 Å². The number of carbonyl (C=O) groups is 3. The molecule has 10 heteroatoms. The van der Waals surface area contributed by atoms with Crippen molar-refractivity contribution in [1.29, 1.82) is 0 Å². The number of rotatable bonds is 5. The van der Waals surface area contributed by atoms with Gasteiger partial charge in [0.2, 0.25) is 5.91 Å². The molecular formula is C15H26IN5O4. The largest absolute Gasteiger partial charge is 0.466 e. The van der Waals surface area contributed by atoms with Gasteiger partial charge < -0.3 is 20.3 Å². The molecule has 2 fully saturated rings. The molecule has 1 atom stereocenters. The van der Waals surface area contributed by atoms with E-state index in [0.717, 1.165) is 19.4 Å². The van der Waals surface area contributed by atoms with Gasteiger partial charge in [-0.3, -0.25) is 19.5 Å². The Balaban J connectivity index is 0.00000312. The first kappa shape index (κ1) is 21.5. The zero-order valence-corrected chi connectivity index (χ0v) is 16.9. The molecule has 25 heavy (non-hydrogen) atoms. The maximum Gasteiger partial charge on any atom is 0.324 e. The highest BCUT2D eigenvalue weighted by Crippen LogP contribution is 2.18. The van der Waals surface area contributed by atoms with E-state index in [-0.39, 0.29) is 60.9 Å².